The van der Waals surface area contributed by atoms with Crippen molar-refractivity contribution in [1.29, 1.82) is 0 Å². The summed E-state index contributed by atoms with van der Waals surface area (Å²) in [6.07, 6.45) is 5.17. The number of hydrogen-bond acceptors (Lipinski definition) is 1. The van der Waals surface area contributed by atoms with Crippen molar-refractivity contribution < 1.29 is 4.74 Å². The van der Waals surface area contributed by atoms with Crippen LogP contribution in [0.3, 0.4) is 0 Å². The molecule has 0 N–H and O–H groups in total. The van der Waals surface area contributed by atoms with Gasteiger partial charge >= 0.3 is 0 Å². The second-order valence-corrected chi connectivity index (χ2v) is 5.27. The molecule has 0 saturated carbocycles. The summed E-state index contributed by atoms with van der Waals surface area (Å²) in [6.45, 7) is 0.943. The van der Waals surface area contributed by atoms with E-state index in [0.29, 0.717) is 10.9 Å². The first-order chi connectivity index (χ1) is 7.36. The minimum Gasteiger partial charge on any atom is -0.377 e. The molecule has 0 spiro atoms. The van der Waals surface area contributed by atoms with E-state index in [9.17, 15) is 0 Å². The van der Waals surface area contributed by atoms with Crippen LogP contribution >= 0.6 is 15.9 Å². The standard InChI is InChI=1S/C13H17BrO/c14-12(13-7-4-10-15-13)9-8-11-5-2-1-3-6-11/h1-3,5-6,12-13H,4,7-10H2/t12?,13-/m1/s1. The van der Waals surface area contributed by atoms with Gasteiger partial charge in [-0.25, -0.2) is 0 Å². The number of halogens is 1. The van der Waals surface area contributed by atoms with Gasteiger partial charge < -0.3 is 4.74 Å². The van der Waals surface area contributed by atoms with Crippen molar-refractivity contribution in [2.45, 2.75) is 36.6 Å². The first-order valence-corrected chi connectivity index (χ1v) is 6.57. The van der Waals surface area contributed by atoms with Crippen LogP contribution in [0.15, 0.2) is 30.3 Å². The highest BCUT2D eigenvalue weighted by atomic mass is 79.9. The molecule has 82 valence electrons. The zero-order chi connectivity index (χ0) is 10.5. The molecule has 1 aliphatic heterocycles. The molecule has 1 heterocycles. The largest absolute Gasteiger partial charge is 0.377 e. The highest BCUT2D eigenvalue weighted by Crippen LogP contribution is 2.24. The summed E-state index contributed by atoms with van der Waals surface area (Å²) in [6, 6.07) is 10.6. The predicted molar refractivity (Wildman–Crippen MR) is 66.5 cm³/mol. The maximum absolute atomic E-state index is 5.66. The second-order valence-electron chi connectivity index (χ2n) is 4.09. The third kappa shape index (κ3) is 3.32. The highest BCUT2D eigenvalue weighted by molar-refractivity contribution is 9.09. The molecule has 0 bridgehead atoms. The van der Waals surface area contributed by atoms with Crippen LogP contribution in [-0.2, 0) is 11.2 Å². The van der Waals surface area contributed by atoms with E-state index >= 15 is 0 Å². The van der Waals surface area contributed by atoms with Crippen molar-refractivity contribution in [3.8, 4) is 0 Å². The van der Waals surface area contributed by atoms with Gasteiger partial charge in [-0.05, 0) is 31.2 Å². The summed E-state index contributed by atoms with van der Waals surface area (Å²) >= 11 is 3.74. The zero-order valence-electron chi connectivity index (χ0n) is 8.86. The fourth-order valence-electron chi connectivity index (χ4n) is 2.02. The molecule has 1 saturated heterocycles. The lowest BCUT2D eigenvalue weighted by atomic mass is 10.0. The number of rotatable bonds is 4. The Kier molecular flexibility index (Phi) is 4.21. The predicted octanol–water partition coefficient (Wildman–Crippen LogP) is 3.56. The molecule has 2 rings (SSSR count). The van der Waals surface area contributed by atoms with Gasteiger partial charge in [-0.3, -0.25) is 0 Å². The van der Waals surface area contributed by atoms with Gasteiger partial charge in [0.25, 0.3) is 0 Å². The average molecular weight is 269 g/mol. The molecule has 0 radical (unpaired) electrons. The second kappa shape index (κ2) is 5.66. The van der Waals surface area contributed by atoms with Crippen LogP contribution in [0, 0.1) is 0 Å². The van der Waals surface area contributed by atoms with Crippen molar-refractivity contribution in [3.63, 3.8) is 0 Å². The Morgan fingerprint density at radius 2 is 2.13 bits per heavy atom. The minimum absolute atomic E-state index is 0.439. The number of alkyl halides is 1. The molecule has 1 aromatic carbocycles. The van der Waals surface area contributed by atoms with Crippen LogP contribution in [0.4, 0.5) is 0 Å². The number of hydrogen-bond donors (Lipinski definition) is 0. The van der Waals surface area contributed by atoms with Crippen LogP contribution < -0.4 is 0 Å². The summed E-state index contributed by atoms with van der Waals surface area (Å²) in [5.74, 6) is 0. The zero-order valence-corrected chi connectivity index (χ0v) is 10.4. The topological polar surface area (TPSA) is 9.23 Å². The molecule has 1 aromatic rings. The normalized spacial score (nSPS) is 22.9. The maximum Gasteiger partial charge on any atom is 0.0701 e. The number of ether oxygens (including phenoxy) is 1. The first-order valence-electron chi connectivity index (χ1n) is 5.66. The van der Waals surface area contributed by atoms with Crippen molar-refractivity contribution in [1.82, 2.24) is 0 Å². The Balaban J connectivity index is 1.77. The Bertz CT molecular complexity index is 280. The van der Waals surface area contributed by atoms with Crippen molar-refractivity contribution in [2.24, 2.45) is 0 Å². The molecule has 0 aromatic heterocycles. The summed E-state index contributed by atoms with van der Waals surface area (Å²) < 4.78 is 5.66. The fraction of sp³-hybridized carbons (Fsp3) is 0.538. The monoisotopic (exact) mass is 268 g/mol. The fourth-order valence-corrected chi connectivity index (χ4v) is 2.67. The van der Waals surface area contributed by atoms with E-state index in [1.165, 1.54) is 18.4 Å². The van der Waals surface area contributed by atoms with Crippen LogP contribution in [-0.4, -0.2) is 17.5 Å². The molecule has 1 aliphatic rings. The Morgan fingerprint density at radius 1 is 1.33 bits per heavy atom. The Morgan fingerprint density at radius 3 is 2.80 bits per heavy atom. The van der Waals surface area contributed by atoms with E-state index in [-0.39, 0.29) is 0 Å². The van der Waals surface area contributed by atoms with Crippen LogP contribution in [0.2, 0.25) is 0 Å². The van der Waals surface area contributed by atoms with Gasteiger partial charge in [0.1, 0.15) is 0 Å². The molecular weight excluding hydrogens is 252 g/mol. The lowest BCUT2D eigenvalue weighted by molar-refractivity contribution is 0.108. The van der Waals surface area contributed by atoms with Crippen LogP contribution in [0.5, 0.6) is 0 Å². The number of benzene rings is 1. The molecule has 1 unspecified atom stereocenters. The van der Waals surface area contributed by atoms with Gasteiger partial charge in [-0.15, -0.1) is 0 Å². The summed E-state index contributed by atoms with van der Waals surface area (Å²) in [5.41, 5.74) is 1.42. The van der Waals surface area contributed by atoms with E-state index in [1.54, 1.807) is 0 Å². The molecule has 2 heteroatoms. The molecule has 0 amide bonds. The SMILES string of the molecule is BrC(CCc1ccccc1)[C@H]1CCCO1. The van der Waals surface area contributed by atoms with E-state index in [4.69, 9.17) is 4.74 Å². The summed E-state index contributed by atoms with van der Waals surface area (Å²) in [7, 11) is 0. The summed E-state index contributed by atoms with van der Waals surface area (Å²) in [5, 5.41) is 0. The van der Waals surface area contributed by atoms with Crippen LogP contribution in [0.1, 0.15) is 24.8 Å². The van der Waals surface area contributed by atoms with Gasteiger partial charge in [0.2, 0.25) is 0 Å². The molecule has 0 aliphatic carbocycles. The smallest absolute Gasteiger partial charge is 0.0701 e. The van der Waals surface area contributed by atoms with Crippen molar-refractivity contribution >= 4 is 15.9 Å². The lowest BCUT2D eigenvalue weighted by Gasteiger charge is -2.16. The highest BCUT2D eigenvalue weighted by Gasteiger charge is 2.23. The van der Waals surface area contributed by atoms with E-state index in [2.05, 4.69) is 46.3 Å². The number of aryl methyl sites for hydroxylation is 1. The molecule has 1 nitrogen and oxygen atoms in total. The quantitative estimate of drug-likeness (QED) is 0.759. The van der Waals surface area contributed by atoms with Gasteiger partial charge in [0.15, 0.2) is 0 Å². The molecule has 1 fully saturated rings. The third-order valence-electron chi connectivity index (χ3n) is 2.92. The van der Waals surface area contributed by atoms with Gasteiger partial charge in [-0.2, -0.15) is 0 Å². The van der Waals surface area contributed by atoms with E-state index in [1.807, 2.05) is 0 Å². The summed E-state index contributed by atoms with van der Waals surface area (Å²) in [4.78, 5) is 0.514. The molecular formula is C13H17BrO. The minimum atomic E-state index is 0.439. The van der Waals surface area contributed by atoms with Crippen molar-refractivity contribution in [2.75, 3.05) is 6.61 Å². The molecule has 2 atom stereocenters. The average Bonchev–Trinajstić information content (AvgIpc) is 2.81. The van der Waals surface area contributed by atoms with Crippen LogP contribution in [0.25, 0.3) is 0 Å². The lowest BCUT2D eigenvalue weighted by Crippen LogP contribution is -2.19. The Labute approximate surface area is 100.0 Å². The molecule has 15 heavy (non-hydrogen) atoms. The van der Waals surface area contributed by atoms with Gasteiger partial charge in [0.05, 0.1) is 6.10 Å². The van der Waals surface area contributed by atoms with E-state index in [0.717, 1.165) is 19.4 Å². The third-order valence-corrected chi connectivity index (χ3v) is 3.97. The van der Waals surface area contributed by atoms with Gasteiger partial charge in [0, 0.05) is 11.4 Å². The maximum atomic E-state index is 5.66. The van der Waals surface area contributed by atoms with Gasteiger partial charge in [-0.1, -0.05) is 46.3 Å². The van der Waals surface area contributed by atoms with Crippen molar-refractivity contribution in [3.05, 3.63) is 35.9 Å². The van der Waals surface area contributed by atoms with E-state index < -0.39 is 0 Å². The Hall–Kier alpha value is -0.340. The first kappa shape index (κ1) is 11.2.